The summed E-state index contributed by atoms with van der Waals surface area (Å²) in [4.78, 5) is 0. The third kappa shape index (κ3) is 1.17. The zero-order valence-corrected chi connectivity index (χ0v) is 10.4. The van der Waals surface area contributed by atoms with E-state index in [4.69, 9.17) is 4.74 Å². The summed E-state index contributed by atoms with van der Waals surface area (Å²) in [7, 11) is 0. The van der Waals surface area contributed by atoms with Gasteiger partial charge in [-0.25, -0.2) is 0 Å². The van der Waals surface area contributed by atoms with Gasteiger partial charge in [0.15, 0.2) is 0 Å². The Balaban J connectivity index is 2.06. The van der Waals surface area contributed by atoms with E-state index in [1.165, 1.54) is 23.1 Å². The molecule has 1 heterocycles. The standard InChI is InChI=1S/C15H20O/c1-9-5-6-12-14(15(12,3)4)13-10(2)7-16-8-11(9)13/h5,8,12-14H,2,6-7H2,1,3-4H3/t12-,13-,14-/m0/s1. The van der Waals surface area contributed by atoms with Crippen molar-refractivity contribution >= 4 is 0 Å². The minimum absolute atomic E-state index is 0.487. The Morgan fingerprint density at radius 1 is 1.44 bits per heavy atom. The van der Waals surface area contributed by atoms with Gasteiger partial charge in [0.25, 0.3) is 0 Å². The molecule has 1 aliphatic heterocycles. The lowest BCUT2D eigenvalue weighted by Gasteiger charge is -2.28. The Morgan fingerprint density at radius 2 is 2.19 bits per heavy atom. The number of hydrogen-bond donors (Lipinski definition) is 0. The van der Waals surface area contributed by atoms with Crippen molar-refractivity contribution in [2.45, 2.75) is 27.2 Å². The molecule has 0 aromatic carbocycles. The Morgan fingerprint density at radius 3 is 2.94 bits per heavy atom. The summed E-state index contributed by atoms with van der Waals surface area (Å²) in [5.41, 5.74) is 4.54. The molecule has 0 unspecified atom stereocenters. The van der Waals surface area contributed by atoms with Gasteiger partial charge in [-0.15, -0.1) is 0 Å². The van der Waals surface area contributed by atoms with E-state index in [1.807, 2.05) is 6.26 Å². The van der Waals surface area contributed by atoms with E-state index in [0.717, 1.165) is 11.8 Å². The van der Waals surface area contributed by atoms with E-state index >= 15 is 0 Å². The van der Waals surface area contributed by atoms with Gasteiger partial charge in [0.2, 0.25) is 0 Å². The molecule has 0 N–H and O–H groups in total. The topological polar surface area (TPSA) is 9.23 Å². The first-order valence-electron chi connectivity index (χ1n) is 6.20. The smallest absolute Gasteiger partial charge is 0.109 e. The number of hydrogen-bond acceptors (Lipinski definition) is 1. The average Bonchev–Trinajstić information content (AvgIpc) is 2.81. The van der Waals surface area contributed by atoms with Crippen LogP contribution < -0.4 is 0 Å². The monoisotopic (exact) mass is 216 g/mol. The lowest BCUT2D eigenvalue weighted by Crippen LogP contribution is -2.20. The minimum Gasteiger partial charge on any atom is -0.497 e. The van der Waals surface area contributed by atoms with Gasteiger partial charge in [0, 0.05) is 5.92 Å². The largest absolute Gasteiger partial charge is 0.497 e. The molecular weight excluding hydrogens is 196 g/mol. The van der Waals surface area contributed by atoms with Crippen LogP contribution in [0.1, 0.15) is 27.2 Å². The molecule has 0 bridgehead atoms. The van der Waals surface area contributed by atoms with Gasteiger partial charge in [-0.3, -0.25) is 0 Å². The zero-order valence-electron chi connectivity index (χ0n) is 10.4. The van der Waals surface area contributed by atoms with Crippen molar-refractivity contribution in [1.29, 1.82) is 0 Å². The molecule has 1 fully saturated rings. The second kappa shape index (κ2) is 3.03. The molecule has 0 saturated heterocycles. The van der Waals surface area contributed by atoms with Crippen LogP contribution in [-0.2, 0) is 4.74 Å². The first-order chi connectivity index (χ1) is 7.53. The number of ether oxygens (including phenoxy) is 1. The average molecular weight is 216 g/mol. The SMILES string of the molecule is C=C1COC=C2C(C)=CC[C@H]3[C@@H]([C@@H]12)C3(C)C. The van der Waals surface area contributed by atoms with Gasteiger partial charge < -0.3 is 4.74 Å². The van der Waals surface area contributed by atoms with Crippen LogP contribution in [0.4, 0.5) is 0 Å². The molecule has 0 amide bonds. The summed E-state index contributed by atoms with van der Waals surface area (Å²) in [5.74, 6) is 2.17. The Labute approximate surface area is 97.9 Å². The highest BCUT2D eigenvalue weighted by atomic mass is 16.5. The van der Waals surface area contributed by atoms with Gasteiger partial charge in [-0.05, 0) is 47.3 Å². The normalized spacial score (nSPS) is 39.7. The maximum absolute atomic E-state index is 5.51. The molecular formula is C15H20O. The lowest BCUT2D eigenvalue weighted by molar-refractivity contribution is 0.239. The van der Waals surface area contributed by atoms with Crippen molar-refractivity contribution in [3.05, 3.63) is 35.6 Å². The highest BCUT2D eigenvalue weighted by Gasteiger charge is 2.62. The fourth-order valence-electron chi connectivity index (χ4n) is 3.73. The maximum atomic E-state index is 5.51. The summed E-state index contributed by atoms with van der Waals surface area (Å²) in [6, 6.07) is 0. The van der Waals surface area contributed by atoms with Crippen LogP contribution in [0.15, 0.2) is 35.6 Å². The van der Waals surface area contributed by atoms with Crippen molar-refractivity contribution in [2.75, 3.05) is 6.61 Å². The van der Waals surface area contributed by atoms with Crippen LogP contribution in [0.5, 0.6) is 0 Å². The molecule has 86 valence electrons. The molecule has 0 spiro atoms. The highest BCUT2D eigenvalue weighted by molar-refractivity contribution is 5.42. The van der Waals surface area contributed by atoms with E-state index in [-0.39, 0.29) is 0 Å². The molecule has 0 aromatic rings. The van der Waals surface area contributed by atoms with E-state index in [0.29, 0.717) is 17.9 Å². The fourth-order valence-corrected chi connectivity index (χ4v) is 3.73. The summed E-state index contributed by atoms with van der Waals surface area (Å²) in [6.45, 7) is 11.9. The molecule has 0 aromatic heterocycles. The summed E-state index contributed by atoms with van der Waals surface area (Å²) >= 11 is 0. The minimum atomic E-state index is 0.487. The van der Waals surface area contributed by atoms with Crippen molar-refractivity contribution in [3.8, 4) is 0 Å². The van der Waals surface area contributed by atoms with Gasteiger partial charge in [-0.2, -0.15) is 0 Å². The quantitative estimate of drug-likeness (QED) is 0.561. The van der Waals surface area contributed by atoms with Gasteiger partial charge >= 0.3 is 0 Å². The molecule has 2 aliphatic carbocycles. The predicted octanol–water partition coefficient (Wildman–Crippen LogP) is 3.70. The lowest BCUT2D eigenvalue weighted by atomic mass is 9.81. The molecule has 0 radical (unpaired) electrons. The summed E-state index contributed by atoms with van der Waals surface area (Å²) < 4.78 is 5.51. The third-order valence-corrected chi connectivity index (χ3v) is 4.89. The van der Waals surface area contributed by atoms with Crippen molar-refractivity contribution < 1.29 is 4.74 Å². The van der Waals surface area contributed by atoms with E-state index in [2.05, 4.69) is 33.4 Å². The van der Waals surface area contributed by atoms with E-state index in [9.17, 15) is 0 Å². The highest BCUT2D eigenvalue weighted by Crippen LogP contribution is 2.67. The molecule has 1 heteroatoms. The Bertz CT molecular complexity index is 411. The molecule has 3 atom stereocenters. The molecule has 16 heavy (non-hydrogen) atoms. The van der Waals surface area contributed by atoms with E-state index in [1.54, 1.807) is 0 Å². The predicted molar refractivity (Wildman–Crippen MR) is 65.8 cm³/mol. The van der Waals surface area contributed by atoms with Gasteiger partial charge in [0.05, 0.1) is 6.26 Å². The third-order valence-electron chi connectivity index (χ3n) is 4.89. The number of fused-ring (bicyclic) bond motifs is 3. The van der Waals surface area contributed by atoms with Crippen LogP contribution in [0.3, 0.4) is 0 Å². The summed E-state index contributed by atoms with van der Waals surface area (Å²) in [5, 5.41) is 0. The van der Waals surface area contributed by atoms with Gasteiger partial charge in [-0.1, -0.05) is 26.5 Å². The van der Waals surface area contributed by atoms with Crippen LogP contribution >= 0.6 is 0 Å². The fraction of sp³-hybridized carbons (Fsp3) is 0.600. The second-order valence-electron chi connectivity index (χ2n) is 6.10. The van der Waals surface area contributed by atoms with Crippen molar-refractivity contribution in [3.63, 3.8) is 0 Å². The summed E-state index contributed by atoms with van der Waals surface area (Å²) in [6.07, 6.45) is 5.59. The molecule has 1 saturated carbocycles. The van der Waals surface area contributed by atoms with Crippen molar-refractivity contribution in [1.82, 2.24) is 0 Å². The van der Waals surface area contributed by atoms with Crippen LogP contribution in [0.25, 0.3) is 0 Å². The number of rotatable bonds is 0. The first-order valence-corrected chi connectivity index (χ1v) is 6.20. The zero-order chi connectivity index (χ0) is 11.5. The Kier molecular flexibility index (Phi) is 1.93. The molecule has 3 aliphatic rings. The van der Waals surface area contributed by atoms with Crippen molar-refractivity contribution in [2.24, 2.45) is 23.2 Å². The second-order valence-corrected chi connectivity index (χ2v) is 6.10. The molecule has 3 rings (SSSR count). The van der Waals surface area contributed by atoms with Crippen LogP contribution in [-0.4, -0.2) is 6.61 Å². The van der Waals surface area contributed by atoms with Crippen LogP contribution in [0, 0.1) is 23.2 Å². The molecule has 1 nitrogen and oxygen atoms in total. The van der Waals surface area contributed by atoms with Crippen LogP contribution in [0.2, 0.25) is 0 Å². The maximum Gasteiger partial charge on any atom is 0.109 e. The van der Waals surface area contributed by atoms with E-state index < -0.39 is 0 Å². The number of allylic oxidation sites excluding steroid dienone is 3. The first kappa shape index (κ1) is 10.2. The Hall–Kier alpha value is -0.980. The van der Waals surface area contributed by atoms with Gasteiger partial charge in [0.1, 0.15) is 6.61 Å².